The Balaban J connectivity index is 2.52. The monoisotopic (exact) mass is 283 g/mol. The van der Waals surface area contributed by atoms with Gasteiger partial charge in [-0.1, -0.05) is 26.8 Å². The van der Waals surface area contributed by atoms with Crippen LogP contribution in [0, 0.1) is 11.3 Å². The predicted molar refractivity (Wildman–Crippen MR) is 76.4 cm³/mol. The summed E-state index contributed by atoms with van der Waals surface area (Å²) in [7, 11) is 0. The van der Waals surface area contributed by atoms with Gasteiger partial charge in [-0.3, -0.25) is 0 Å². The molecular weight excluding hydrogens is 258 g/mol. The molecule has 0 saturated heterocycles. The fourth-order valence-corrected chi connectivity index (χ4v) is 2.29. The Hall–Kier alpha value is -1.52. The van der Waals surface area contributed by atoms with Gasteiger partial charge in [-0.15, -0.1) is 6.58 Å². The third kappa shape index (κ3) is 4.25. The van der Waals surface area contributed by atoms with Gasteiger partial charge in [0.1, 0.15) is 11.6 Å². The summed E-state index contributed by atoms with van der Waals surface area (Å²) in [4.78, 5) is 23.0. The molecule has 0 bridgehead atoms. The molecule has 1 aliphatic carbocycles. The van der Waals surface area contributed by atoms with Gasteiger partial charge in [0.05, 0.1) is 0 Å². The van der Waals surface area contributed by atoms with Crippen LogP contribution >= 0.6 is 0 Å². The van der Waals surface area contributed by atoms with Crippen molar-refractivity contribution in [3.8, 4) is 0 Å². The second kappa shape index (κ2) is 5.85. The molecule has 2 unspecified atom stereocenters. The third-order valence-electron chi connectivity index (χ3n) is 3.78. The standard InChI is InChI=1S/C15H25NO4/c1-6-7-8-10-9-15(10,5)20-13(19)16-11(12(17)18)14(2,3)4/h6,10-11H,1,7-9H2,2-5H3,(H,16,19)(H,17,18)/t10?,11-,15?/m1/s1. The number of carboxylic acids is 1. The Bertz CT molecular complexity index is 399. The minimum Gasteiger partial charge on any atom is -0.480 e. The number of rotatable bonds is 6. The van der Waals surface area contributed by atoms with Crippen molar-refractivity contribution >= 4 is 12.1 Å². The number of hydrogen-bond acceptors (Lipinski definition) is 3. The van der Waals surface area contributed by atoms with Crippen molar-refractivity contribution in [2.45, 2.75) is 58.6 Å². The Morgan fingerprint density at radius 1 is 1.55 bits per heavy atom. The lowest BCUT2D eigenvalue weighted by molar-refractivity contribution is -0.142. The molecule has 0 spiro atoms. The van der Waals surface area contributed by atoms with Crippen LogP contribution in [0.15, 0.2) is 12.7 Å². The van der Waals surface area contributed by atoms with Crippen molar-refractivity contribution in [2.24, 2.45) is 11.3 Å². The van der Waals surface area contributed by atoms with Crippen molar-refractivity contribution in [1.29, 1.82) is 0 Å². The maximum Gasteiger partial charge on any atom is 0.408 e. The van der Waals surface area contributed by atoms with Crippen molar-refractivity contribution < 1.29 is 19.4 Å². The van der Waals surface area contributed by atoms with Crippen molar-refractivity contribution in [3.05, 3.63) is 12.7 Å². The highest BCUT2D eigenvalue weighted by molar-refractivity contribution is 5.80. The molecule has 114 valence electrons. The molecule has 1 rings (SSSR count). The van der Waals surface area contributed by atoms with Crippen LogP contribution in [0.4, 0.5) is 4.79 Å². The number of alkyl carbamates (subject to hydrolysis) is 1. The second-order valence-electron chi connectivity index (χ2n) is 6.75. The first kappa shape index (κ1) is 16.5. The van der Waals surface area contributed by atoms with E-state index >= 15 is 0 Å². The summed E-state index contributed by atoms with van der Waals surface area (Å²) in [5.41, 5.74) is -1.04. The van der Waals surface area contributed by atoms with E-state index in [4.69, 9.17) is 9.84 Å². The molecule has 20 heavy (non-hydrogen) atoms. The maximum absolute atomic E-state index is 11.9. The highest BCUT2D eigenvalue weighted by Gasteiger charge is 2.53. The minimum absolute atomic E-state index is 0.337. The van der Waals surface area contributed by atoms with Gasteiger partial charge in [0.25, 0.3) is 0 Å². The van der Waals surface area contributed by atoms with E-state index < -0.39 is 29.1 Å². The van der Waals surface area contributed by atoms with Crippen LogP contribution in [0.3, 0.4) is 0 Å². The molecule has 0 radical (unpaired) electrons. The molecule has 3 atom stereocenters. The smallest absolute Gasteiger partial charge is 0.408 e. The zero-order chi connectivity index (χ0) is 15.6. The van der Waals surface area contributed by atoms with Crippen LogP contribution in [-0.2, 0) is 9.53 Å². The van der Waals surface area contributed by atoms with Gasteiger partial charge in [-0.2, -0.15) is 0 Å². The summed E-state index contributed by atoms with van der Waals surface area (Å²) in [6.45, 7) is 10.8. The first-order valence-corrected chi connectivity index (χ1v) is 6.93. The zero-order valence-corrected chi connectivity index (χ0v) is 12.7. The molecule has 1 amide bonds. The topological polar surface area (TPSA) is 75.6 Å². The highest BCUT2D eigenvalue weighted by Crippen LogP contribution is 2.49. The number of allylic oxidation sites excluding steroid dienone is 1. The van der Waals surface area contributed by atoms with E-state index in [1.807, 2.05) is 13.0 Å². The fraction of sp³-hybridized carbons (Fsp3) is 0.733. The Kier molecular flexibility index (Phi) is 4.84. The van der Waals surface area contributed by atoms with E-state index in [9.17, 15) is 9.59 Å². The van der Waals surface area contributed by atoms with Gasteiger partial charge in [0.2, 0.25) is 0 Å². The quantitative estimate of drug-likeness (QED) is 0.735. The van der Waals surface area contributed by atoms with Crippen molar-refractivity contribution in [3.63, 3.8) is 0 Å². The number of carbonyl (C=O) groups is 2. The zero-order valence-electron chi connectivity index (χ0n) is 12.7. The number of ether oxygens (including phenoxy) is 1. The summed E-state index contributed by atoms with van der Waals surface area (Å²) in [5.74, 6) is -0.720. The molecule has 0 aromatic carbocycles. The molecule has 1 fully saturated rings. The van der Waals surface area contributed by atoms with Crippen molar-refractivity contribution in [2.75, 3.05) is 0 Å². The van der Waals surface area contributed by atoms with E-state index in [2.05, 4.69) is 11.9 Å². The van der Waals surface area contributed by atoms with E-state index in [0.29, 0.717) is 5.92 Å². The van der Waals surface area contributed by atoms with Crippen molar-refractivity contribution in [1.82, 2.24) is 5.32 Å². The molecule has 0 heterocycles. The summed E-state index contributed by atoms with van der Waals surface area (Å²) in [6, 6.07) is -0.969. The van der Waals surface area contributed by atoms with Gasteiger partial charge in [0.15, 0.2) is 0 Å². The molecule has 5 nitrogen and oxygen atoms in total. The van der Waals surface area contributed by atoms with E-state index in [1.54, 1.807) is 20.8 Å². The van der Waals surface area contributed by atoms with E-state index in [-0.39, 0.29) is 0 Å². The lowest BCUT2D eigenvalue weighted by Crippen LogP contribution is -2.50. The largest absolute Gasteiger partial charge is 0.480 e. The SMILES string of the molecule is C=CCCC1CC1(C)OC(=O)N[C@H](C(=O)O)C(C)(C)C. The number of hydrogen-bond donors (Lipinski definition) is 2. The van der Waals surface area contributed by atoms with Gasteiger partial charge in [-0.25, -0.2) is 9.59 Å². The maximum atomic E-state index is 11.9. The highest BCUT2D eigenvalue weighted by atomic mass is 16.6. The number of carboxylic acid groups (broad SMARTS) is 1. The lowest BCUT2D eigenvalue weighted by atomic mass is 9.87. The van der Waals surface area contributed by atoms with Crippen LogP contribution in [0.5, 0.6) is 0 Å². The fourth-order valence-electron chi connectivity index (χ4n) is 2.29. The normalized spacial score (nSPS) is 26.5. The summed E-state index contributed by atoms with van der Waals surface area (Å²) in [6.07, 6.45) is 3.84. The Morgan fingerprint density at radius 3 is 2.60 bits per heavy atom. The minimum atomic E-state index is -1.06. The van der Waals surface area contributed by atoms with Gasteiger partial charge < -0.3 is 15.2 Å². The molecule has 1 saturated carbocycles. The van der Waals surface area contributed by atoms with E-state index in [0.717, 1.165) is 19.3 Å². The predicted octanol–water partition coefficient (Wildman–Crippen LogP) is 2.96. The number of carbonyl (C=O) groups excluding carboxylic acids is 1. The van der Waals surface area contributed by atoms with Crippen LogP contribution in [0.25, 0.3) is 0 Å². The summed E-state index contributed by atoms with van der Waals surface area (Å²) in [5, 5.41) is 11.6. The van der Waals surface area contributed by atoms with Crippen LogP contribution in [0.2, 0.25) is 0 Å². The molecule has 0 aromatic heterocycles. The second-order valence-corrected chi connectivity index (χ2v) is 6.75. The number of amides is 1. The Morgan fingerprint density at radius 2 is 2.15 bits per heavy atom. The number of aliphatic carboxylic acids is 1. The molecule has 5 heteroatoms. The summed E-state index contributed by atoms with van der Waals surface area (Å²) < 4.78 is 5.39. The molecule has 1 aliphatic rings. The molecule has 0 aliphatic heterocycles. The first-order chi connectivity index (χ1) is 9.10. The lowest BCUT2D eigenvalue weighted by Gasteiger charge is -2.28. The summed E-state index contributed by atoms with van der Waals surface area (Å²) >= 11 is 0. The van der Waals surface area contributed by atoms with Crippen LogP contribution in [-0.4, -0.2) is 28.8 Å². The molecule has 0 aromatic rings. The molecule has 2 N–H and O–H groups in total. The van der Waals surface area contributed by atoms with Crippen LogP contribution in [0.1, 0.15) is 47.0 Å². The first-order valence-electron chi connectivity index (χ1n) is 6.93. The van der Waals surface area contributed by atoms with Gasteiger partial charge >= 0.3 is 12.1 Å². The van der Waals surface area contributed by atoms with Gasteiger partial charge in [0, 0.05) is 5.92 Å². The van der Waals surface area contributed by atoms with Crippen LogP contribution < -0.4 is 5.32 Å². The number of nitrogens with one attached hydrogen (secondary N) is 1. The average Bonchev–Trinajstić information content (AvgIpc) is 2.91. The average molecular weight is 283 g/mol. The Labute approximate surface area is 120 Å². The van der Waals surface area contributed by atoms with Gasteiger partial charge in [-0.05, 0) is 31.6 Å². The third-order valence-corrected chi connectivity index (χ3v) is 3.78. The molecular formula is C15H25NO4. The van der Waals surface area contributed by atoms with E-state index in [1.165, 1.54) is 0 Å².